The fraction of sp³-hybridized carbons (Fsp3) is 0.600. The molecule has 1 atom stereocenters. The highest BCUT2D eigenvalue weighted by molar-refractivity contribution is 6.27. The van der Waals surface area contributed by atoms with Crippen molar-refractivity contribution in [3.05, 3.63) is 29.3 Å². The zero-order valence-electron chi connectivity index (χ0n) is 16.5. The first kappa shape index (κ1) is 23.9. The maximum absolute atomic E-state index is 9.10. The molecule has 0 fully saturated rings. The molecule has 0 amide bonds. The molecule has 3 N–H and O–H groups in total. The van der Waals surface area contributed by atoms with E-state index in [1.165, 1.54) is 24.0 Å². The molecule has 1 unspecified atom stereocenters. The molecule has 0 bridgehead atoms. The summed E-state index contributed by atoms with van der Waals surface area (Å²) in [5.74, 6) is -2.07. The van der Waals surface area contributed by atoms with Gasteiger partial charge in [-0.1, -0.05) is 26.8 Å². The highest BCUT2D eigenvalue weighted by Gasteiger charge is 2.05. The van der Waals surface area contributed by atoms with E-state index in [0.29, 0.717) is 12.0 Å². The molecular weight excluding hydrogens is 334 g/mol. The van der Waals surface area contributed by atoms with E-state index in [2.05, 4.69) is 58.1 Å². The van der Waals surface area contributed by atoms with E-state index in [-0.39, 0.29) is 0 Å². The number of unbranched alkanes of at least 4 members (excludes halogenated alkanes) is 1. The van der Waals surface area contributed by atoms with Crippen LogP contribution in [0.4, 0.5) is 0 Å². The average molecular weight is 367 g/mol. The minimum absolute atomic E-state index is 0.579. The molecule has 1 rings (SSSR count). The van der Waals surface area contributed by atoms with Crippen molar-refractivity contribution in [1.82, 2.24) is 5.32 Å². The Bertz CT molecular complexity index is 545. The van der Waals surface area contributed by atoms with Crippen LogP contribution in [0.2, 0.25) is 0 Å². The summed E-state index contributed by atoms with van der Waals surface area (Å²) in [4.78, 5) is 18.2. The van der Waals surface area contributed by atoms with Crippen LogP contribution in [0.25, 0.3) is 0 Å². The molecule has 0 aliphatic rings. The molecule has 0 aromatic heterocycles. The largest absolute Gasteiger partial charge is 0.494 e. The lowest BCUT2D eigenvalue weighted by atomic mass is 9.98. The van der Waals surface area contributed by atoms with Crippen molar-refractivity contribution >= 4 is 11.9 Å². The SMILES string of the molecule is CCC(C)NCCCCOc1ccc(C(C)C)c(C)c1.O=C(O)C(=O)O. The van der Waals surface area contributed by atoms with Gasteiger partial charge in [0.25, 0.3) is 0 Å². The van der Waals surface area contributed by atoms with E-state index in [1.807, 2.05) is 0 Å². The minimum atomic E-state index is -1.82. The molecule has 0 saturated carbocycles. The summed E-state index contributed by atoms with van der Waals surface area (Å²) >= 11 is 0. The van der Waals surface area contributed by atoms with Crippen molar-refractivity contribution in [3.8, 4) is 5.75 Å². The van der Waals surface area contributed by atoms with Gasteiger partial charge in [0.15, 0.2) is 0 Å². The fourth-order valence-corrected chi connectivity index (χ4v) is 2.30. The van der Waals surface area contributed by atoms with E-state index >= 15 is 0 Å². The lowest BCUT2D eigenvalue weighted by Gasteiger charge is -2.13. The number of ether oxygens (including phenoxy) is 1. The number of aryl methyl sites for hydroxylation is 1. The second kappa shape index (κ2) is 13.2. The lowest BCUT2D eigenvalue weighted by molar-refractivity contribution is -0.159. The van der Waals surface area contributed by atoms with Gasteiger partial charge in [-0.05, 0) is 68.8 Å². The first-order valence-electron chi connectivity index (χ1n) is 9.11. The highest BCUT2D eigenvalue weighted by atomic mass is 16.5. The molecule has 1 aromatic rings. The van der Waals surface area contributed by atoms with Crippen molar-refractivity contribution in [2.75, 3.05) is 13.2 Å². The summed E-state index contributed by atoms with van der Waals surface area (Å²) in [5, 5.41) is 18.3. The molecule has 0 spiro atoms. The van der Waals surface area contributed by atoms with Crippen LogP contribution in [-0.4, -0.2) is 41.3 Å². The Labute approximate surface area is 156 Å². The summed E-state index contributed by atoms with van der Waals surface area (Å²) in [5.41, 5.74) is 2.74. The van der Waals surface area contributed by atoms with Gasteiger partial charge < -0.3 is 20.3 Å². The summed E-state index contributed by atoms with van der Waals surface area (Å²) in [6, 6.07) is 7.08. The molecule has 6 nitrogen and oxygen atoms in total. The van der Waals surface area contributed by atoms with Gasteiger partial charge in [-0.15, -0.1) is 0 Å². The number of carbonyl (C=O) groups is 2. The van der Waals surface area contributed by atoms with Crippen LogP contribution in [0.5, 0.6) is 5.75 Å². The molecule has 26 heavy (non-hydrogen) atoms. The number of carboxylic acid groups (broad SMARTS) is 2. The van der Waals surface area contributed by atoms with E-state index in [0.717, 1.165) is 25.3 Å². The van der Waals surface area contributed by atoms with Crippen molar-refractivity contribution in [1.29, 1.82) is 0 Å². The molecule has 0 saturated heterocycles. The number of benzene rings is 1. The lowest BCUT2D eigenvalue weighted by Crippen LogP contribution is -2.26. The smallest absolute Gasteiger partial charge is 0.414 e. The number of carboxylic acids is 2. The Morgan fingerprint density at radius 3 is 2.19 bits per heavy atom. The van der Waals surface area contributed by atoms with E-state index in [4.69, 9.17) is 24.5 Å². The third kappa shape index (κ3) is 10.7. The third-order valence-electron chi connectivity index (χ3n) is 3.99. The van der Waals surface area contributed by atoms with Gasteiger partial charge in [0.1, 0.15) is 5.75 Å². The maximum atomic E-state index is 9.10. The Morgan fingerprint density at radius 1 is 1.12 bits per heavy atom. The topological polar surface area (TPSA) is 95.9 Å². The molecule has 0 heterocycles. The van der Waals surface area contributed by atoms with Crippen LogP contribution in [0.3, 0.4) is 0 Å². The Hall–Kier alpha value is -2.08. The molecule has 0 aliphatic carbocycles. The van der Waals surface area contributed by atoms with Crippen molar-refractivity contribution < 1.29 is 24.5 Å². The highest BCUT2D eigenvalue weighted by Crippen LogP contribution is 2.23. The predicted octanol–water partition coefficient (Wildman–Crippen LogP) is 3.82. The van der Waals surface area contributed by atoms with Gasteiger partial charge >= 0.3 is 11.9 Å². The summed E-state index contributed by atoms with van der Waals surface area (Å²) in [6.45, 7) is 13.0. The van der Waals surface area contributed by atoms with E-state index in [1.54, 1.807) is 0 Å². The Kier molecular flexibility index (Phi) is 12.1. The number of aliphatic carboxylic acids is 2. The van der Waals surface area contributed by atoms with Crippen LogP contribution in [0.15, 0.2) is 18.2 Å². The number of rotatable bonds is 9. The fourth-order valence-electron chi connectivity index (χ4n) is 2.30. The second-order valence-electron chi connectivity index (χ2n) is 6.60. The molecule has 0 aliphatic heterocycles. The molecular formula is C20H33NO5. The van der Waals surface area contributed by atoms with E-state index in [9.17, 15) is 0 Å². The van der Waals surface area contributed by atoms with Crippen molar-refractivity contribution in [2.24, 2.45) is 0 Å². The van der Waals surface area contributed by atoms with Gasteiger partial charge in [0.2, 0.25) is 0 Å². The molecule has 0 radical (unpaired) electrons. The second-order valence-corrected chi connectivity index (χ2v) is 6.60. The van der Waals surface area contributed by atoms with Gasteiger partial charge in [0.05, 0.1) is 6.61 Å². The molecule has 148 valence electrons. The maximum Gasteiger partial charge on any atom is 0.414 e. The van der Waals surface area contributed by atoms with Crippen LogP contribution in [0, 0.1) is 6.92 Å². The number of hydrogen-bond donors (Lipinski definition) is 3. The summed E-state index contributed by atoms with van der Waals surface area (Å²) in [6.07, 6.45) is 3.47. The monoisotopic (exact) mass is 367 g/mol. The van der Waals surface area contributed by atoms with Gasteiger partial charge in [-0.25, -0.2) is 9.59 Å². The molecule has 6 heteroatoms. The van der Waals surface area contributed by atoms with Crippen LogP contribution < -0.4 is 10.1 Å². The molecule has 1 aromatic carbocycles. The quantitative estimate of drug-likeness (QED) is 0.453. The van der Waals surface area contributed by atoms with Crippen molar-refractivity contribution in [2.45, 2.75) is 65.8 Å². The van der Waals surface area contributed by atoms with Gasteiger partial charge in [-0.2, -0.15) is 0 Å². The Balaban J connectivity index is 0.000000896. The third-order valence-corrected chi connectivity index (χ3v) is 3.99. The van der Waals surface area contributed by atoms with Crippen LogP contribution in [-0.2, 0) is 9.59 Å². The summed E-state index contributed by atoms with van der Waals surface area (Å²) in [7, 11) is 0. The average Bonchev–Trinajstić information content (AvgIpc) is 2.57. The minimum Gasteiger partial charge on any atom is -0.494 e. The van der Waals surface area contributed by atoms with Crippen LogP contribution >= 0.6 is 0 Å². The van der Waals surface area contributed by atoms with Crippen LogP contribution in [0.1, 0.15) is 64.0 Å². The first-order valence-corrected chi connectivity index (χ1v) is 9.11. The zero-order chi connectivity index (χ0) is 20.1. The number of hydrogen-bond acceptors (Lipinski definition) is 4. The number of nitrogens with one attached hydrogen (secondary N) is 1. The standard InChI is InChI=1S/C18H31NO.C2H2O4/c1-6-16(5)19-11-7-8-12-20-17-9-10-18(14(2)3)15(4)13-17;3-1(4)2(5)6/h9-10,13-14,16,19H,6-8,11-12H2,1-5H3;(H,3,4)(H,5,6). The summed E-state index contributed by atoms with van der Waals surface area (Å²) < 4.78 is 5.83. The van der Waals surface area contributed by atoms with Crippen molar-refractivity contribution in [3.63, 3.8) is 0 Å². The normalized spacial score (nSPS) is 11.5. The predicted molar refractivity (Wildman–Crippen MR) is 103 cm³/mol. The Morgan fingerprint density at radius 2 is 1.73 bits per heavy atom. The van der Waals surface area contributed by atoms with Gasteiger partial charge in [-0.3, -0.25) is 0 Å². The van der Waals surface area contributed by atoms with Gasteiger partial charge in [0, 0.05) is 6.04 Å². The zero-order valence-corrected chi connectivity index (χ0v) is 16.5. The first-order chi connectivity index (χ1) is 12.2. The van der Waals surface area contributed by atoms with E-state index < -0.39 is 11.9 Å².